The molecule has 0 aromatic heterocycles. The first-order valence-corrected chi connectivity index (χ1v) is 9.91. The molecule has 0 saturated heterocycles. The molecule has 0 bridgehead atoms. The molecule has 0 unspecified atom stereocenters. The van der Waals surface area contributed by atoms with Gasteiger partial charge in [0.15, 0.2) is 0 Å². The normalized spacial score (nSPS) is 11.3. The molecule has 0 aliphatic heterocycles. The van der Waals surface area contributed by atoms with Crippen molar-refractivity contribution in [3.63, 3.8) is 0 Å². The zero-order valence-corrected chi connectivity index (χ0v) is 16.8. The van der Waals surface area contributed by atoms with Gasteiger partial charge in [0, 0.05) is 8.95 Å². The van der Waals surface area contributed by atoms with Gasteiger partial charge in [-0.1, -0.05) is 43.5 Å². The molecule has 0 amide bonds. The van der Waals surface area contributed by atoms with Crippen molar-refractivity contribution in [2.75, 3.05) is 10.8 Å². The summed E-state index contributed by atoms with van der Waals surface area (Å²) in [6.45, 7) is -0.526. The van der Waals surface area contributed by atoms with Crippen molar-refractivity contribution in [1.29, 1.82) is 0 Å². The zero-order valence-electron chi connectivity index (χ0n) is 11.3. The molecule has 0 fully saturated rings. The van der Waals surface area contributed by atoms with Crippen LogP contribution in [0.25, 0.3) is 0 Å². The molecule has 9 heteroatoms. The number of anilines is 1. The van der Waals surface area contributed by atoms with Crippen LogP contribution in [0.15, 0.2) is 56.3 Å². The van der Waals surface area contributed by atoms with E-state index in [-0.39, 0.29) is 15.6 Å². The summed E-state index contributed by atoms with van der Waals surface area (Å²) in [5.41, 5.74) is 0.173. The lowest BCUT2D eigenvalue weighted by Crippen LogP contribution is -2.34. The number of carbonyl (C=O) groups is 1. The second-order valence-electron chi connectivity index (χ2n) is 4.42. The molecule has 2 rings (SSSR count). The van der Waals surface area contributed by atoms with Gasteiger partial charge in [-0.3, -0.25) is 9.10 Å². The highest BCUT2D eigenvalue weighted by molar-refractivity contribution is 9.10. The Labute approximate surface area is 160 Å². The van der Waals surface area contributed by atoms with E-state index in [2.05, 4.69) is 31.9 Å². The van der Waals surface area contributed by atoms with Crippen molar-refractivity contribution in [2.45, 2.75) is 4.90 Å². The van der Waals surface area contributed by atoms with Gasteiger partial charge >= 0.3 is 0 Å². The first kappa shape index (κ1) is 18.7. The maximum Gasteiger partial charge on any atom is 0.264 e. The average Bonchev–Trinajstić information content (AvgIpc) is 2.45. The SMILES string of the molecule is O=C(Cl)CN(c1ccc(Br)cc1Cl)S(=O)(=O)c1ccc(Br)cc1. The Morgan fingerprint density at radius 1 is 1.04 bits per heavy atom. The minimum absolute atomic E-state index is 0.0256. The fourth-order valence-electron chi connectivity index (χ4n) is 1.83. The van der Waals surface area contributed by atoms with E-state index >= 15 is 0 Å². The molecular weight excluding hydrogens is 493 g/mol. The molecule has 0 saturated carbocycles. The second kappa shape index (κ2) is 7.53. The van der Waals surface area contributed by atoms with E-state index in [1.165, 1.54) is 18.2 Å². The van der Waals surface area contributed by atoms with Gasteiger partial charge < -0.3 is 0 Å². The average molecular weight is 502 g/mol. The highest BCUT2D eigenvalue weighted by Crippen LogP contribution is 2.33. The van der Waals surface area contributed by atoms with Crippen molar-refractivity contribution < 1.29 is 13.2 Å². The Balaban J connectivity index is 2.57. The van der Waals surface area contributed by atoms with Crippen LogP contribution < -0.4 is 4.31 Å². The molecule has 0 aliphatic rings. The topological polar surface area (TPSA) is 54.5 Å². The predicted octanol–water partition coefficient (Wildman–Crippen LogP) is 4.83. The van der Waals surface area contributed by atoms with E-state index in [9.17, 15) is 13.2 Å². The van der Waals surface area contributed by atoms with Gasteiger partial charge in [0.25, 0.3) is 10.0 Å². The standard InChI is InChI=1S/C14H9Br2Cl2NO3S/c15-9-1-4-11(5-2-9)23(21,22)19(8-14(18)20)13-6-3-10(16)7-12(13)17/h1-7H,8H2. The maximum absolute atomic E-state index is 12.8. The number of hydrogen-bond acceptors (Lipinski definition) is 3. The highest BCUT2D eigenvalue weighted by Gasteiger charge is 2.28. The smallest absolute Gasteiger partial charge is 0.264 e. The summed E-state index contributed by atoms with van der Waals surface area (Å²) in [6, 6.07) is 10.7. The van der Waals surface area contributed by atoms with E-state index < -0.39 is 21.8 Å². The van der Waals surface area contributed by atoms with Crippen molar-refractivity contribution in [1.82, 2.24) is 0 Å². The lowest BCUT2D eigenvalue weighted by molar-refractivity contribution is -0.110. The third-order valence-electron chi connectivity index (χ3n) is 2.85. The Morgan fingerprint density at radius 3 is 2.13 bits per heavy atom. The van der Waals surface area contributed by atoms with Crippen LogP contribution in [0.5, 0.6) is 0 Å². The van der Waals surface area contributed by atoms with Crippen LogP contribution in [0.3, 0.4) is 0 Å². The van der Waals surface area contributed by atoms with Crippen LogP contribution in [0.4, 0.5) is 5.69 Å². The monoisotopic (exact) mass is 499 g/mol. The predicted molar refractivity (Wildman–Crippen MR) is 98.7 cm³/mol. The number of halogens is 4. The van der Waals surface area contributed by atoms with Crippen LogP contribution in [-0.4, -0.2) is 20.2 Å². The summed E-state index contributed by atoms with van der Waals surface area (Å²) in [5, 5.41) is -0.636. The van der Waals surface area contributed by atoms with Crippen LogP contribution in [0.2, 0.25) is 5.02 Å². The lowest BCUT2D eigenvalue weighted by Gasteiger charge is -2.24. The molecule has 0 atom stereocenters. The van der Waals surface area contributed by atoms with E-state index in [0.717, 1.165) is 8.78 Å². The van der Waals surface area contributed by atoms with Gasteiger partial charge in [0.1, 0.15) is 6.54 Å². The minimum Gasteiger partial charge on any atom is -0.279 e. The van der Waals surface area contributed by atoms with Gasteiger partial charge in [0.2, 0.25) is 5.24 Å². The Hall–Kier alpha value is -0.600. The molecular formula is C14H9Br2Cl2NO3S. The van der Waals surface area contributed by atoms with Crippen molar-refractivity contribution in [2.24, 2.45) is 0 Å². The molecule has 0 spiro atoms. The van der Waals surface area contributed by atoms with Crippen LogP contribution in [0.1, 0.15) is 0 Å². The third-order valence-corrected chi connectivity index (χ3v) is 6.07. The number of benzene rings is 2. The largest absolute Gasteiger partial charge is 0.279 e. The summed E-state index contributed by atoms with van der Waals surface area (Å²) in [5.74, 6) is 0. The number of hydrogen-bond donors (Lipinski definition) is 0. The van der Waals surface area contributed by atoms with Crippen molar-refractivity contribution in [3.8, 4) is 0 Å². The maximum atomic E-state index is 12.8. The van der Waals surface area contributed by atoms with Crippen LogP contribution in [0, 0.1) is 0 Å². The summed E-state index contributed by atoms with van der Waals surface area (Å²) >= 11 is 18.0. The molecule has 0 aliphatic carbocycles. The third kappa shape index (κ3) is 4.48. The Morgan fingerprint density at radius 2 is 1.61 bits per heavy atom. The summed E-state index contributed by atoms with van der Waals surface area (Å²) < 4.78 is 28.0. The zero-order chi connectivity index (χ0) is 17.2. The molecule has 2 aromatic carbocycles. The van der Waals surface area contributed by atoms with Gasteiger partial charge in [-0.05, 0) is 54.1 Å². The van der Waals surface area contributed by atoms with E-state index in [4.69, 9.17) is 23.2 Å². The van der Waals surface area contributed by atoms with Crippen molar-refractivity contribution >= 4 is 76.0 Å². The van der Waals surface area contributed by atoms with Crippen LogP contribution >= 0.6 is 55.1 Å². The molecule has 122 valence electrons. The molecule has 0 N–H and O–H groups in total. The van der Waals surface area contributed by atoms with Crippen LogP contribution in [-0.2, 0) is 14.8 Å². The number of carbonyl (C=O) groups excluding carboxylic acids is 1. The summed E-state index contributed by atoms with van der Waals surface area (Å²) in [6.07, 6.45) is 0. The number of sulfonamides is 1. The number of rotatable bonds is 5. The molecule has 2 aromatic rings. The minimum atomic E-state index is -3.99. The quantitative estimate of drug-likeness (QED) is 0.552. The molecule has 0 heterocycles. The van der Waals surface area contributed by atoms with E-state index in [0.29, 0.717) is 4.47 Å². The Kier molecular flexibility index (Phi) is 6.13. The lowest BCUT2D eigenvalue weighted by atomic mass is 10.3. The van der Waals surface area contributed by atoms with E-state index in [1.807, 2.05) is 0 Å². The second-order valence-corrected chi connectivity index (χ2v) is 8.94. The summed E-state index contributed by atoms with van der Waals surface area (Å²) in [7, 11) is -3.99. The molecule has 4 nitrogen and oxygen atoms in total. The number of nitrogens with zero attached hydrogens (tertiary/aromatic N) is 1. The fourth-order valence-corrected chi connectivity index (χ4v) is 4.55. The molecule has 23 heavy (non-hydrogen) atoms. The van der Waals surface area contributed by atoms with Gasteiger partial charge in [-0.15, -0.1) is 0 Å². The molecule has 0 radical (unpaired) electrons. The fraction of sp³-hybridized carbons (Fsp3) is 0.0714. The summed E-state index contributed by atoms with van der Waals surface area (Å²) in [4.78, 5) is 11.4. The van der Waals surface area contributed by atoms with Crippen molar-refractivity contribution in [3.05, 3.63) is 56.4 Å². The van der Waals surface area contributed by atoms with Gasteiger partial charge in [-0.25, -0.2) is 8.42 Å². The first-order chi connectivity index (χ1) is 10.7. The Bertz CT molecular complexity index is 842. The van der Waals surface area contributed by atoms with Gasteiger partial charge in [-0.2, -0.15) is 0 Å². The van der Waals surface area contributed by atoms with E-state index in [1.54, 1.807) is 24.3 Å². The first-order valence-electron chi connectivity index (χ1n) is 6.13. The van der Waals surface area contributed by atoms with Gasteiger partial charge in [0.05, 0.1) is 15.6 Å². The highest BCUT2D eigenvalue weighted by atomic mass is 79.9.